The zero-order valence-electron chi connectivity index (χ0n) is 17.9. The van der Waals surface area contributed by atoms with Gasteiger partial charge in [0.25, 0.3) is 5.91 Å². The highest BCUT2D eigenvalue weighted by Crippen LogP contribution is 2.35. The summed E-state index contributed by atoms with van der Waals surface area (Å²) >= 11 is 1.44. The molecular weight excluding hydrogens is 434 g/mol. The summed E-state index contributed by atoms with van der Waals surface area (Å²) in [7, 11) is 0. The number of fused-ring (bicyclic) bond motifs is 2. The zero-order valence-corrected chi connectivity index (χ0v) is 18.7. The molecule has 0 bridgehead atoms. The largest absolute Gasteiger partial charge is 0.367 e. The smallest absolute Gasteiger partial charge is 0.275 e. The van der Waals surface area contributed by atoms with Crippen molar-refractivity contribution in [3.63, 3.8) is 0 Å². The van der Waals surface area contributed by atoms with Crippen LogP contribution in [0.5, 0.6) is 0 Å². The molecule has 0 atom stereocenters. The van der Waals surface area contributed by atoms with Crippen LogP contribution in [0.2, 0.25) is 0 Å². The molecule has 2 aromatic heterocycles. The maximum atomic E-state index is 13.2. The number of para-hydroxylation sites is 2. The van der Waals surface area contributed by atoms with Crippen LogP contribution >= 0.6 is 11.3 Å². The van der Waals surface area contributed by atoms with E-state index in [1.165, 1.54) is 16.9 Å². The lowest BCUT2D eigenvalue weighted by Crippen LogP contribution is -2.44. The molecule has 9 heteroatoms. The summed E-state index contributed by atoms with van der Waals surface area (Å²) in [5.41, 5.74) is 8.65. The van der Waals surface area contributed by atoms with Crippen LogP contribution in [0.15, 0.2) is 60.1 Å². The number of carbonyl (C=O) groups excluding carboxylic acids is 1. The summed E-state index contributed by atoms with van der Waals surface area (Å²) in [5.74, 6) is -0.238. The summed E-state index contributed by atoms with van der Waals surface area (Å²) in [4.78, 5) is 24.7. The summed E-state index contributed by atoms with van der Waals surface area (Å²) < 4.78 is 0. The molecule has 1 fully saturated rings. The first-order chi connectivity index (χ1) is 16.3. The Balaban J connectivity index is 1.30. The van der Waals surface area contributed by atoms with Gasteiger partial charge in [-0.15, -0.1) is 11.3 Å². The van der Waals surface area contributed by atoms with Gasteiger partial charge in [0.05, 0.1) is 28.8 Å². The number of pyridine rings is 1. The third-order valence-corrected chi connectivity index (χ3v) is 6.83. The predicted molar refractivity (Wildman–Crippen MR) is 132 cm³/mol. The monoisotopic (exact) mass is 457 g/mol. The fourth-order valence-corrected chi connectivity index (χ4v) is 5.20. The SMILES string of the molecule is O=C(Nc1cnc2ccccc2c1N1CCNCC1)c1csc(N2NCc3ccccc32)n1. The maximum Gasteiger partial charge on any atom is 0.275 e. The molecular formula is C24H23N7OS. The number of nitrogens with one attached hydrogen (secondary N) is 3. The molecule has 2 aliphatic rings. The van der Waals surface area contributed by atoms with E-state index >= 15 is 0 Å². The molecule has 8 nitrogen and oxygen atoms in total. The van der Waals surface area contributed by atoms with Crippen LogP contribution in [0.1, 0.15) is 16.1 Å². The van der Waals surface area contributed by atoms with Gasteiger partial charge in [-0.25, -0.2) is 10.4 Å². The summed E-state index contributed by atoms with van der Waals surface area (Å²) in [5, 5.41) is 12.0. The van der Waals surface area contributed by atoms with E-state index < -0.39 is 0 Å². The second kappa shape index (κ2) is 8.43. The van der Waals surface area contributed by atoms with E-state index in [9.17, 15) is 4.79 Å². The Morgan fingerprint density at radius 3 is 2.79 bits per heavy atom. The molecule has 2 aliphatic heterocycles. The highest BCUT2D eigenvalue weighted by molar-refractivity contribution is 7.14. The first-order valence-electron chi connectivity index (χ1n) is 11.0. The van der Waals surface area contributed by atoms with Gasteiger partial charge in [0.1, 0.15) is 5.69 Å². The molecule has 0 aliphatic carbocycles. The highest BCUT2D eigenvalue weighted by atomic mass is 32.1. The Hall–Kier alpha value is -3.53. The van der Waals surface area contributed by atoms with Gasteiger partial charge in [-0.2, -0.15) is 0 Å². The molecule has 166 valence electrons. The molecule has 0 saturated carbocycles. The van der Waals surface area contributed by atoms with Crippen molar-refractivity contribution < 1.29 is 4.79 Å². The lowest BCUT2D eigenvalue weighted by atomic mass is 10.1. The van der Waals surface area contributed by atoms with Crippen LogP contribution in [-0.4, -0.2) is 42.1 Å². The van der Waals surface area contributed by atoms with Crippen molar-refractivity contribution in [2.75, 3.05) is 41.4 Å². The van der Waals surface area contributed by atoms with Crippen LogP contribution in [0, 0.1) is 0 Å². The number of piperazine rings is 1. The summed E-state index contributed by atoms with van der Waals surface area (Å²) in [6.07, 6.45) is 1.75. The number of hydrazine groups is 1. The molecule has 6 rings (SSSR count). The van der Waals surface area contributed by atoms with E-state index in [1.54, 1.807) is 11.6 Å². The molecule has 33 heavy (non-hydrogen) atoms. The fourth-order valence-electron chi connectivity index (χ4n) is 4.40. The van der Waals surface area contributed by atoms with E-state index in [2.05, 4.69) is 49.1 Å². The van der Waals surface area contributed by atoms with Gasteiger partial charge in [-0.1, -0.05) is 36.4 Å². The number of anilines is 4. The summed E-state index contributed by atoms with van der Waals surface area (Å²) in [6, 6.07) is 16.2. The Morgan fingerprint density at radius 1 is 1.06 bits per heavy atom. The van der Waals surface area contributed by atoms with Crippen LogP contribution in [0.4, 0.5) is 22.2 Å². The minimum atomic E-state index is -0.238. The number of rotatable bonds is 4. The average Bonchev–Trinajstić information content (AvgIpc) is 3.52. The summed E-state index contributed by atoms with van der Waals surface area (Å²) in [6.45, 7) is 4.30. The van der Waals surface area contributed by atoms with E-state index in [4.69, 9.17) is 0 Å². The quantitative estimate of drug-likeness (QED) is 0.432. The van der Waals surface area contributed by atoms with Gasteiger partial charge >= 0.3 is 0 Å². The second-order valence-corrected chi connectivity index (χ2v) is 8.88. The van der Waals surface area contributed by atoms with E-state index in [0.717, 1.165) is 60.1 Å². The number of aromatic nitrogens is 2. The average molecular weight is 458 g/mol. The van der Waals surface area contributed by atoms with Crippen LogP contribution < -0.4 is 26.0 Å². The molecule has 0 spiro atoms. The molecule has 2 aromatic carbocycles. The number of hydrogen-bond acceptors (Lipinski definition) is 8. The number of amides is 1. The molecule has 1 saturated heterocycles. The van der Waals surface area contributed by atoms with Gasteiger partial charge in [0.15, 0.2) is 0 Å². The molecule has 1 amide bonds. The number of nitrogens with zero attached hydrogens (tertiary/aromatic N) is 4. The van der Waals surface area contributed by atoms with Crippen molar-refractivity contribution in [2.24, 2.45) is 0 Å². The third kappa shape index (κ3) is 3.70. The van der Waals surface area contributed by atoms with Gasteiger partial charge in [-0.05, 0) is 17.7 Å². The van der Waals surface area contributed by atoms with Gasteiger partial charge in [0, 0.05) is 43.5 Å². The first kappa shape index (κ1) is 20.1. The van der Waals surface area contributed by atoms with Crippen molar-refractivity contribution in [1.29, 1.82) is 0 Å². The fraction of sp³-hybridized carbons (Fsp3) is 0.208. The number of hydrogen-bond donors (Lipinski definition) is 3. The van der Waals surface area contributed by atoms with Gasteiger partial charge in [0.2, 0.25) is 5.13 Å². The Labute approximate surface area is 195 Å². The Bertz CT molecular complexity index is 1330. The van der Waals surface area contributed by atoms with Crippen molar-refractivity contribution in [1.82, 2.24) is 20.7 Å². The van der Waals surface area contributed by atoms with Crippen LogP contribution in [0.25, 0.3) is 10.9 Å². The zero-order chi connectivity index (χ0) is 22.2. The molecule has 4 heterocycles. The van der Waals surface area contributed by atoms with Crippen molar-refractivity contribution in [3.8, 4) is 0 Å². The lowest BCUT2D eigenvalue weighted by Gasteiger charge is -2.32. The van der Waals surface area contributed by atoms with Crippen LogP contribution in [0.3, 0.4) is 0 Å². The maximum absolute atomic E-state index is 13.2. The standard InChI is InChI=1S/C24H23N7OS/c32-23(20-15-33-24(29-20)31-21-8-4-1-5-16(21)13-27-31)28-19-14-26-18-7-3-2-6-17(18)22(19)30-11-9-25-10-12-30/h1-8,14-15,25,27H,9-13H2,(H,28,32). The van der Waals surface area contributed by atoms with E-state index in [-0.39, 0.29) is 5.91 Å². The van der Waals surface area contributed by atoms with E-state index in [0.29, 0.717) is 11.4 Å². The minimum Gasteiger partial charge on any atom is -0.367 e. The minimum absolute atomic E-state index is 0.238. The topological polar surface area (TPSA) is 85.4 Å². The normalized spacial score (nSPS) is 15.6. The third-order valence-electron chi connectivity index (χ3n) is 6.00. The lowest BCUT2D eigenvalue weighted by molar-refractivity contribution is 0.102. The first-order valence-corrected chi connectivity index (χ1v) is 11.9. The molecule has 0 radical (unpaired) electrons. The van der Waals surface area contributed by atoms with Crippen molar-refractivity contribution in [3.05, 3.63) is 71.4 Å². The highest BCUT2D eigenvalue weighted by Gasteiger charge is 2.24. The number of carbonyl (C=O) groups is 1. The Morgan fingerprint density at radius 2 is 1.88 bits per heavy atom. The van der Waals surface area contributed by atoms with E-state index in [1.807, 2.05) is 35.3 Å². The number of thiazole rings is 1. The van der Waals surface area contributed by atoms with Gasteiger partial charge < -0.3 is 15.5 Å². The molecule has 3 N–H and O–H groups in total. The predicted octanol–water partition coefficient (Wildman–Crippen LogP) is 3.51. The second-order valence-electron chi connectivity index (χ2n) is 8.04. The number of benzene rings is 2. The van der Waals surface area contributed by atoms with Crippen LogP contribution in [-0.2, 0) is 6.54 Å². The van der Waals surface area contributed by atoms with Gasteiger partial charge in [-0.3, -0.25) is 14.8 Å². The van der Waals surface area contributed by atoms with Crippen molar-refractivity contribution >= 4 is 50.3 Å². The van der Waals surface area contributed by atoms with Crippen molar-refractivity contribution in [2.45, 2.75) is 6.54 Å². The Kier molecular flexibility index (Phi) is 5.14. The molecule has 0 unspecified atom stereocenters. The molecule has 4 aromatic rings.